The summed E-state index contributed by atoms with van der Waals surface area (Å²) in [5.74, 6) is 0. The van der Waals surface area contributed by atoms with Gasteiger partial charge in [-0.3, -0.25) is 9.48 Å². The van der Waals surface area contributed by atoms with Gasteiger partial charge in [-0.1, -0.05) is 0 Å². The highest BCUT2D eigenvalue weighted by molar-refractivity contribution is 5.80. The zero-order chi connectivity index (χ0) is 13.0. The van der Waals surface area contributed by atoms with Gasteiger partial charge in [0.05, 0.1) is 11.9 Å². The van der Waals surface area contributed by atoms with E-state index in [0.29, 0.717) is 6.04 Å². The molecular weight excluding hydrogens is 216 g/mol. The van der Waals surface area contributed by atoms with Gasteiger partial charge in [0, 0.05) is 23.8 Å². The van der Waals surface area contributed by atoms with Crippen molar-refractivity contribution in [1.29, 1.82) is 0 Å². The topological polar surface area (TPSA) is 50.5 Å². The lowest BCUT2D eigenvalue weighted by Gasteiger charge is -2.14. The van der Waals surface area contributed by atoms with Crippen molar-refractivity contribution in [1.82, 2.24) is 14.8 Å². The highest BCUT2D eigenvalue weighted by Crippen LogP contribution is 2.08. The molecule has 0 aromatic carbocycles. The number of carbonyl (C=O) groups is 1. The Balaban J connectivity index is 2.87. The minimum absolute atomic E-state index is 0.0594. The van der Waals surface area contributed by atoms with Crippen molar-refractivity contribution in [3.8, 4) is 0 Å². The van der Waals surface area contributed by atoms with Gasteiger partial charge >= 0.3 is 0 Å². The van der Waals surface area contributed by atoms with E-state index in [1.165, 1.54) is 5.01 Å². The molecule has 0 atom stereocenters. The summed E-state index contributed by atoms with van der Waals surface area (Å²) in [6.45, 7) is 9.89. The van der Waals surface area contributed by atoms with Crippen LogP contribution in [0.3, 0.4) is 0 Å². The first kappa shape index (κ1) is 13.4. The summed E-state index contributed by atoms with van der Waals surface area (Å²) in [5.41, 5.74) is 1.85. The van der Waals surface area contributed by atoms with Crippen LogP contribution in [-0.4, -0.2) is 33.5 Å². The summed E-state index contributed by atoms with van der Waals surface area (Å²) < 4.78 is 1.89. The molecule has 1 heterocycles. The summed E-state index contributed by atoms with van der Waals surface area (Å²) in [5, 5.41) is 9.89. The quantitative estimate of drug-likeness (QED) is 0.446. The van der Waals surface area contributed by atoms with E-state index in [-0.39, 0.29) is 6.04 Å². The third-order valence-corrected chi connectivity index (χ3v) is 2.45. The highest BCUT2D eigenvalue weighted by Gasteiger charge is 2.07. The number of aromatic nitrogens is 2. The van der Waals surface area contributed by atoms with E-state index < -0.39 is 0 Å². The number of nitrogens with zero attached hydrogens (tertiary/aromatic N) is 4. The number of hydrogen-bond donors (Lipinski definition) is 0. The Morgan fingerprint density at radius 1 is 1.41 bits per heavy atom. The minimum Gasteiger partial charge on any atom is -0.277 e. The molecule has 1 rings (SSSR count). The Morgan fingerprint density at radius 2 is 2.06 bits per heavy atom. The molecule has 1 aromatic heterocycles. The Labute approximate surface area is 102 Å². The second-order valence-corrected chi connectivity index (χ2v) is 4.57. The Kier molecular flexibility index (Phi) is 4.43. The molecule has 0 saturated carbocycles. The highest BCUT2D eigenvalue weighted by atomic mass is 16.1. The second-order valence-electron chi connectivity index (χ2n) is 4.57. The lowest BCUT2D eigenvalue weighted by Crippen LogP contribution is -2.23. The molecular formula is C12H20N4O. The number of carbonyl (C=O) groups excluding carboxylic acids is 1. The number of aryl methyl sites for hydroxylation is 1. The number of hydrazone groups is 1. The molecule has 0 radical (unpaired) electrons. The molecule has 0 aliphatic heterocycles. The maximum absolute atomic E-state index is 10.8. The molecule has 17 heavy (non-hydrogen) atoms. The molecule has 94 valence electrons. The Morgan fingerprint density at radius 3 is 2.47 bits per heavy atom. The normalized spacial score (nSPS) is 11.7. The van der Waals surface area contributed by atoms with Gasteiger partial charge in [0.25, 0.3) is 0 Å². The molecule has 0 aliphatic carbocycles. The van der Waals surface area contributed by atoms with Crippen LogP contribution in [0, 0.1) is 6.92 Å². The summed E-state index contributed by atoms with van der Waals surface area (Å²) in [4.78, 5) is 10.8. The molecule has 0 N–H and O–H groups in total. The van der Waals surface area contributed by atoms with Crippen molar-refractivity contribution < 1.29 is 4.79 Å². The standard InChI is InChI=1S/C12H20N4O/c1-9(2)15-7-12(11(5)14-15)6-13-16(8-17)10(3)4/h6-10H,1-5H3/b13-6+. The number of amides is 1. The smallest absolute Gasteiger partial charge is 0.230 e. The maximum atomic E-state index is 10.8. The molecule has 0 aliphatic rings. The van der Waals surface area contributed by atoms with E-state index in [4.69, 9.17) is 0 Å². The van der Waals surface area contributed by atoms with Crippen LogP contribution in [-0.2, 0) is 4.79 Å². The van der Waals surface area contributed by atoms with Crippen molar-refractivity contribution in [3.63, 3.8) is 0 Å². The van der Waals surface area contributed by atoms with Crippen molar-refractivity contribution in [2.75, 3.05) is 0 Å². The van der Waals surface area contributed by atoms with E-state index in [2.05, 4.69) is 24.0 Å². The molecule has 1 amide bonds. The molecule has 0 spiro atoms. The molecule has 1 aromatic rings. The third-order valence-electron chi connectivity index (χ3n) is 2.45. The predicted octanol–water partition coefficient (Wildman–Crippen LogP) is 1.97. The fourth-order valence-electron chi connectivity index (χ4n) is 1.30. The predicted molar refractivity (Wildman–Crippen MR) is 68.0 cm³/mol. The molecule has 0 saturated heterocycles. The van der Waals surface area contributed by atoms with E-state index in [1.807, 2.05) is 31.6 Å². The minimum atomic E-state index is 0.0594. The molecule has 5 heteroatoms. The van der Waals surface area contributed by atoms with Crippen molar-refractivity contribution in [2.24, 2.45) is 5.10 Å². The Hall–Kier alpha value is -1.65. The average Bonchev–Trinajstić information content (AvgIpc) is 2.61. The number of rotatable bonds is 5. The van der Waals surface area contributed by atoms with Crippen LogP contribution < -0.4 is 0 Å². The van der Waals surface area contributed by atoms with Gasteiger partial charge in [0.2, 0.25) is 6.41 Å². The number of hydrogen-bond acceptors (Lipinski definition) is 3. The average molecular weight is 236 g/mol. The van der Waals surface area contributed by atoms with Gasteiger partial charge in [0.1, 0.15) is 0 Å². The molecule has 5 nitrogen and oxygen atoms in total. The fraction of sp³-hybridized carbons (Fsp3) is 0.583. The monoisotopic (exact) mass is 236 g/mol. The van der Waals surface area contributed by atoms with Crippen LogP contribution in [0.2, 0.25) is 0 Å². The molecule has 0 bridgehead atoms. The van der Waals surface area contributed by atoms with Gasteiger partial charge in [-0.15, -0.1) is 0 Å². The van der Waals surface area contributed by atoms with Crippen LogP contribution in [0.4, 0.5) is 0 Å². The van der Waals surface area contributed by atoms with Crippen molar-refractivity contribution >= 4 is 12.6 Å². The van der Waals surface area contributed by atoms with Gasteiger partial charge in [-0.25, -0.2) is 5.01 Å². The van der Waals surface area contributed by atoms with Gasteiger partial charge in [-0.05, 0) is 34.6 Å². The van der Waals surface area contributed by atoms with Gasteiger partial charge in [0.15, 0.2) is 0 Å². The van der Waals surface area contributed by atoms with Crippen LogP contribution in [0.1, 0.15) is 45.0 Å². The van der Waals surface area contributed by atoms with Crippen molar-refractivity contribution in [3.05, 3.63) is 17.5 Å². The Bertz CT molecular complexity index is 407. The first-order valence-electron chi connectivity index (χ1n) is 5.79. The van der Waals surface area contributed by atoms with Crippen LogP contribution >= 0.6 is 0 Å². The zero-order valence-electron chi connectivity index (χ0n) is 11.1. The second kappa shape index (κ2) is 5.61. The first-order chi connectivity index (χ1) is 7.95. The summed E-state index contributed by atoms with van der Waals surface area (Å²) in [7, 11) is 0. The lowest BCUT2D eigenvalue weighted by atomic mass is 10.3. The van der Waals surface area contributed by atoms with E-state index in [0.717, 1.165) is 17.7 Å². The van der Waals surface area contributed by atoms with Crippen LogP contribution in [0.5, 0.6) is 0 Å². The summed E-state index contributed by atoms with van der Waals surface area (Å²) >= 11 is 0. The van der Waals surface area contributed by atoms with E-state index in [9.17, 15) is 4.79 Å². The van der Waals surface area contributed by atoms with Gasteiger partial charge in [-0.2, -0.15) is 10.2 Å². The SMILES string of the molecule is Cc1nn(C(C)C)cc1/C=N/N(C=O)C(C)C. The maximum Gasteiger partial charge on any atom is 0.230 e. The summed E-state index contributed by atoms with van der Waals surface area (Å²) in [6, 6.07) is 0.382. The van der Waals surface area contributed by atoms with Crippen molar-refractivity contribution in [2.45, 2.75) is 46.7 Å². The fourth-order valence-corrected chi connectivity index (χ4v) is 1.30. The van der Waals surface area contributed by atoms with E-state index >= 15 is 0 Å². The third kappa shape index (κ3) is 3.41. The molecule has 0 unspecified atom stereocenters. The van der Waals surface area contributed by atoms with Gasteiger partial charge < -0.3 is 0 Å². The summed E-state index contributed by atoms with van der Waals surface area (Å²) in [6.07, 6.45) is 4.34. The first-order valence-corrected chi connectivity index (χ1v) is 5.79. The zero-order valence-corrected chi connectivity index (χ0v) is 11.1. The molecule has 0 fully saturated rings. The van der Waals surface area contributed by atoms with Crippen LogP contribution in [0.15, 0.2) is 11.3 Å². The lowest BCUT2D eigenvalue weighted by molar-refractivity contribution is -0.119. The van der Waals surface area contributed by atoms with E-state index in [1.54, 1.807) is 6.21 Å². The largest absolute Gasteiger partial charge is 0.277 e. The van der Waals surface area contributed by atoms with Crippen LogP contribution in [0.25, 0.3) is 0 Å².